The molecule has 0 spiro atoms. The highest BCUT2D eigenvalue weighted by Crippen LogP contribution is 2.31. The average Bonchev–Trinajstić information content (AvgIpc) is 2.60. The summed E-state index contributed by atoms with van der Waals surface area (Å²) in [5.74, 6) is 0.426. The zero-order valence-corrected chi connectivity index (χ0v) is 13.3. The lowest BCUT2D eigenvalue weighted by atomic mass is 10.1. The van der Waals surface area contributed by atoms with Crippen LogP contribution >= 0.6 is 0 Å². The van der Waals surface area contributed by atoms with Crippen LogP contribution in [0.15, 0.2) is 54.8 Å². The van der Waals surface area contributed by atoms with Crippen molar-refractivity contribution >= 4 is 23.6 Å². The lowest BCUT2D eigenvalue weighted by Gasteiger charge is -2.13. The molecule has 0 heterocycles. The monoisotopic (exact) mass is 327 g/mol. The van der Waals surface area contributed by atoms with Crippen LogP contribution in [0.1, 0.15) is 5.56 Å². The number of methoxy groups -OCH3 is 2. The molecule has 24 heavy (non-hydrogen) atoms. The van der Waals surface area contributed by atoms with E-state index in [-0.39, 0.29) is 5.57 Å². The van der Waals surface area contributed by atoms with E-state index in [4.69, 9.17) is 14.2 Å². The molecule has 0 saturated carbocycles. The Morgan fingerprint density at radius 2 is 1.88 bits per heavy atom. The molecule has 0 aliphatic carbocycles. The normalized spacial score (nSPS) is 10.7. The van der Waals surface area contributed by atoms with Gasteiger partial charge >= 0.3 is 5.97 Å². The van der Waals surface area contributed by atoms with Gasteiger partial charge in [-0.3, -0.25) is 4.79 Å². The first-order valence-electron chi connectivity index (χ1n) is 7.08. The molecule has 0 bridgehead atoms. The second kappa shape index (κ2) is 8.38. The molecule has 1 amide bonds. The van der Waals surface area contributed by atoms with Gasteiger partial charge in [-0.15, -0.1) is 0 Å². The number of benzene rings is 2. The van der Waals surface area contributed by atoms with Gasteiger partial charge in [0.1, 0.15) is 17.1 Å². The zero-order valence-electron chi connectivity index (χ0n) is 13.3. The van der Waals surface area contributed by atoms with Crippen molar-refractivity contribution < 1.29 is 23.8 Å². The first kappa shape index (κ1) is 17.1. The van der Waals surface area contributed by atoms with Gasteiger partial charge in [-0.1, -0.05) is 24.3 Å². The van der Waals surface area contributed by atoms with Gasteiger partial charge in [-0.05, 0) is 18.2 Å². The Hall–Kier alpha value is -3.28. The van der Waals surface area contributed by atoms with Crippen LogP contribution in [-0.4, -0.2) is 26.6 Å². The third-order valence-electron chi connectivity index (χ3n) is 3.11. The van der Waals surface area contributed by atoms with E-state index in [0.717, 1.165) is 0 Å². The van der Waals surface area contributed by atoms with Crippen molar-refractivity contribution in [3.05, 3.63) is 60.4 Å². The van der Waals surface area contributed by atoms with Gasteiger partial charge in [0.05, 0.1) is 20.5 Å². The van der Waals surface area contributed by atoms with E-state index in [9.17, 15) is 9.59 Å². The van der Waals surface area contributed by atoms with Gasteiger partial charge in [-0.2, -0.15) is 0 Å². The number of amides is 1. The molecule has 2 aromatic rings. The molecule has 2 rings (SSSR count). The summed E-state index contributed by atoms with van der Waals surface area (Å²) < 4.78 is 15.6. The summed E-state index contributed by atoms with van der Waals surface area (Å²) in [7, 11) is 2.74. The zero-order chi connectivity index (χ0) is 17.4. The Morgan fingerprint density at radius 3 is 2.58 bits per heavy atom. The largest absolute Gasteiger partial charge is 0.503 e. The van der Waals surface area contributed by atoms with Crippen LogP contribution in [0.2, 0.25) is 0 Å². The number of carbonyl (C=O) groups is 2. The first-order chi connectivity index (χ1) is 11.7. The van der Waals surface area contributed by atoms with Crippen molar-refractivity contribution in [2.24, 2.45) is 0 Å². The van der Waals surface area contributed by atoms with E-state index in [1.165, 1.54) is 20.5 Å². The molecule has 1 N–H and O–H groups in total. The molecule has 0 aliphatic heterocycles. The highest BCUT2D eigenvalue weighted by Gasteiger charge is 2.18. The molecule has 124 valence electrons. The molecule has 0 unspecified atom stereocenters. The molecule has 0 aliphatic rings. The van der Waals surface area contributed by atoms with Crippen molar-refractivity contribution in [1.82, 2.24) is 0 Å². The second-order valence-corrected chi connectivity index (χ2v) is 4.65. The minimum Gasteiger partial charge on any atom is -0.503 e. The average molecular weight is 327 g/mol. The summed E-state index contributed by atoms with van der Waals surface area (Å²) in [4.78, 5) is 22.5. The molecule has 0 atom stereocenters. The summed E-state index contributed by atoms with van der Waals surface area (Å²) >= 11 is 0. The molecular weight excluding hydrogens is 310 g/mol. The Balaban J connectivity index is 2.38. The van der Waals surface area contributed by atoms with Crippen molar-refractivity contribution in [2.75, 3.05) is 19.5 Å². The van der Waals surface area contributed by atoms with Gasteiger partial charge in [0.25, 0.3) is 0 Å². The van der Waals surface area contributed by atoms with E-state index >= 15 is 0 Å². The van der Waals surface area contributed by atoms with Crippen LogP contribution in [-0.2, 0) is 19.1 Å². The van der Waals surface area contributed by atoms with E-state index in [0.29, 0.717) is 29.2 Å². The fourth-order valence-corrected chi connectivity index (χ4v) is 2.07. The third kappa shape index (κ3) is 4.13. The van der Waals surface area contributed by atoms with Crippen LogP contribution in [0.3, 0.4) is 0 Å². The predicted octanol–water partition coefficient (Wildman–Crippen LogP) is 3.21. The highest BCUT2D eigenvalue weighted by atomic mass is 16.5. The third-order valence-corrected chi connectivity index (χ3v) is 3.11. The van der Waals surface area contributed by atoms with Gasteiger partial charge in [-0.25, -0.2) is 4.79 Å². The number of esters is 1. The number of para-hydroxylation sites is 1. The Labute approximate surface area is 139 Å². The summed E-state index contributed by atoms with van der Waals surface area (Å²) in [5, 5.41) is 2.55. The van der Waals surface area contributed by atoms with Crippen LogP contribution in [0, 0.1) is 0 Å². The summed E-state index contributed by atoms with van der Waals surface area (Å²) in [5.41, 5.74) is 1.36. The van der Waals surface area contributed by atoms with Crippen molar-refractivity contribution in [3.63, 3.8) is 0 Å². The van der Waals surface area contributed by atoms with E-state index in [1.807, 2.05) is 0 Å². The molecule has 0 fully saturated rings. The smallest absolute Gasteiger partial charge is 0.341 e. The number of hydrogen-bond donors (Lipinski definition) is 1. The topological polar surface area (TPSA) is 73.9 Å². The highest BCUT2D eigenvalue weighted by molar-refractivity contribution is 6.17. The van der Waals surface area contributed by atoms with Crippen LogP contribution in [0.25, 0.3) is 5.57 Å². The van der Waals surface area contributed by atoms with Gasteiger partial charge in [0, 0.05) is 17.3 Å². The van der Waals surface area contributed by atoms with Gasteiger partial charge < -0.3 is 19.5 Å². The van der Waals surface area contributed by atoms with E-state index in [1.54, 1.807) is 48.5 Å². The fourth-order valence-electron chi connectivity index (χ4n) is 2.07. The summed E-state index contributed by atoms with van der Waals surface area (Å²) in [6, 6.07) is 13.9. The molecule has 0 saturated heterocycles. The Morgan fingerprint density at radius 1 is 1.08 bits per heavy atom. The lowest BCUT2D eigenvalue weighted by Crippen LogP contribution is -2.05. The standard InChI is InChI=1S/C18H17NO5/c1-22-11-16(18(21)23-2)15-8-3-4-9-17(15)24-14-7-5-6-13(10-14)19-12-20/h3-12H,1-2H3,(H,19,20)/b16-11-. The maximum atomic E-state index is 12.0. The van der Waals surface area contributed by atoms with Crippen LogP contribution in [0.5, 0.6) is 11.5 Å². The summed E-state index contributed by atoms with van der Waals surface area (Å²) in [6.45, 7) is 0. The number of ether oxygens (including phenoxy) is 3. The number of carbonyl (C=O) groups excluding carboxylic acids is 2. The van der Waals surface area contributed by atoms with E-state index in [2.05, 4.69) is 5.32 Å². The number of anilines is 1. The quantitative estimate of drug-likeness (QED) is 0.366. The van der Waals surface area contributed by atoms with Crippen molar-refractivity contribution in [2.45, 2.75) is 0 Å². The van der Waals surface area contributed by atoms with Gasteiger partial charge in [0.2, 0.25) is 6.41 Å². The maximum absolute atomic E-state index is 12.0. The molecule has 2 aromatic carbocycles. The van der Waals surface area contributed by atoms with E-state index < -0.39 is 5.97 Å². The SMILES string of the molecule is CO/C=C(\C(=O)OC)c1ccccc1Oc1cccc(NC=O)c1. The number of hydrogen-bond acceptors (Lipinski definition) is 5. The van der Waals surface area contributed by atoms with Crippen LogP contribution in [0.4, 0.5) is 5.69 Å². The van der Waals surface area contributed by atoms with Gasteiger partial charge in [0.15, 0.2) is 0 Å². The lowest BCUT2D eigenvalue weighted by molar-refractivity contribution is -0.133. The molecule has 6 nitrogen and oxygen atoms in total. The molecule has 6 heteroatoms. The summed E-state index contributed by atoms with van der Waals surface area (Å²) in [6.07, 6.45) is 1.89. The number of nitrogens with one attached hydrogen (secondary N) is 1. The van der Waals surface area contributed by atoms with Crippen LogP contribution < -0.4 is 10.1 Å². The Kier molecular flexibility index (Phi) is 5.96. The molecule has 0 aromatic heterocycles. The predicted molar refractivity (Wildman–Crippen MR) is 89.6 cm³/mol. The fraction of sp³-hybridized carbons (Fsp3) is 0.111. The first-order valence-corrected chi connectivity index (χ1v) is 7.08. The minimum atomic E-state index is -0.538. The molecular formula is C18H17NO5. The Bertz CT molecular complexity index is 755. The maximum Gasteiger partial charge on any atom is 0.341 e. The minimum absolute atomic E-state index is 0.234. The number of rotatable bonds is 7. The van der Waals surface area contributed by atoms with Crippen molar-refractivity contribution in [1.29, 1.82) is 0 Å². The second-order valence-electron chi connectivity index (χ2n) is 4.65. The molecule has 0 radical (unpaired) electrons. The van der Waals surface area contributed by atoms with Crippen molar-refractivity contribution in [3.8, 4) is 11.5 Å².